The Morgan fingerprint density at radius 2 is 1.47 bits per heavy atom. The van der Waals surface area contributed by atoms with E-state index in [2.05, 4.69) is 10.0 Å². The Morgan fingerprint density at radius 1 is 0.861 bits per heavy atom. The molecule has 3 rings (SSSR count). The molecule has 0 fully saturated rings. The van der Waals surface area contributed by atoms with Gasteiger partial charge in [0.1, 0.15) is 0 Å². The number of aryl methyl sites for hydroxylation is 3. The maximum absolute atomic E-state index is 12.8. The Kier molecular flexibility index (Phi) is 8.42. The minimum atomic E-state index is -3.80. The third-order valence-corrected chi connectivity index (χ3v) is 8.18. The van der Waals surface area contributed by atoms with E-state index in [4.69, 9.17) is 0 Å². The van der Waals surface area contributed by atoms with Crippen LogP contribution in [0.15, 0.2) is 71.6 Å². The number of hydrogen-bond acceptors (Lipinski definition) is 5. The summed E-state index contributed by atoms with van der Waals surface area (Å²) in [6.07, 6.45) is 1.56. The van der Waals surface area contributed by atoms with Gasteiger partial charge in [0, 0.05) is 18.7 Å². The van der Waals surface area contributed by atoms with Crippen molar-refractivity contribution >= 4 is 43.0 Å². The number of hydrogen-bond donors (Lipinski definition) is 2. The maximum Gasteiger partial charge on any atom is 0.261 e. The molecule has 0 spiro atoms. The van der Waals surface area contributed by atoms with Gasteiger partial charge in [0.2, 0.25) is 15.9 Å². The summed E-state index contributed by atoms with van der Waals surface area (Å²) in [7, 11) is -7.30. The second-order valence-corrected chi connectivity index (χ2v) is 12.3. The molecule has 192 valence electrons. The van der Waals surface area contributed by atoms with E-state index in [1.54, 1.807) is 18.2 Å². The number of nitrogens with one attached hydrogen (secondary N) is 2. The van der Waals surface area contributed by atoms with Crippen LogP contribution in [0, 0.1) is 20.8 Å². The molecule has 0 aliphatic heterocycles. The van der Waals surface area contributed by atoms with Crippen molar-refractivity contribution in [1.82, 2.24) is 0 Å². The van der Waals surface area contributed by atoms with Gasteiger partial charge in [-0.3, -0.25) is 13.8 Å². The lowest BCUT2D eigenvalue weighted by molar-refractivity contribution is -0.116. The fourth-order valence-electron chi connectivity index (χ4n) is 3.76. The quantitative estimate of drug-likeness (QED) is 0.399. The van der Waals surface area contributed by atoms with Gasteiger partial charge in [-0.25, -0.2) is 16.8 Å². The molecule has 10 heteroatoms. The summed E-state index contributed by atoms with van der Waals surface area (Å²) < 4.78 is 54.0. The first-order valence-electron chi connectivity index (χ1n) is 11.4. The van der Waals surface area contributed by atoms with Crippen LogP contribution in [0.4, 0.5) is 17.1 Å². The second kappa shape index (κ2) is 11.1. The molecule has 1 amide bonds. The highest BCUT2D eigenvalue weighted by Gasteiger charge is 2.19. The Balaban J connectivity index is 1.60. The SMILES string of the molecule is Cc1cccc(N(CCCC(=O)Nc2ccc(S(=O)(=O)Nc3c(C)cccc3C)cc2)S(C)(=O)=O)c1. The number of para-hydroxylation sites is 1. The van der Waals surface area contributed by atoms with E-state index in [1.807, 2.05) is 45.0 Å². The normalized spacial score (nSPS) is 11.7. The largest absolute Gasteiger partial charge is 0.326 e. The molecule has 3 aromatic rings. The zero-order valence-corrected chi connectivity index (χ0v) is 22.4. The summed E-state index contributed by atoms with van der Waals surface area (Å²) in [5.74, 6) is -0.294. The Labute approximate surface area is 213 Å². The minimum absolute atomic E-state index is 0.0742. The van der Waals surface area contributed by atoms with E-state index in [0.29, 0.717) is 23.5 Å². The maximum atomic E-state index is 12.8. The third-order valence-electron chi connectivity index (χ3n) is 5.62. The highest BCUT2D eigenvalue weighted by Crippen LogP contribution is 2.24. The summed E-state index contributed by atoms with van der Waals surface area (Å²) in [5, 5.41) is 2.73. The first kappa shape index (κ1) is 27.2. The van der Waals surface area contributed by atoms with Gasteiger partial charge in [0.05, 0.1) is 22.5 Å². The lowest BCUT2D eigenvalue weighted by atomic mass is 10.1. The van der Waals surface area contributed by atoms with Gasteiger partial charge in [-0.1, -0.05) is 30.3 Å². The van der Waals surface area contributed by atoms with Crippen LogP contribution in [-0.4, -0.2) is 35.5 Å². The number of carbonyl (C=O) groups is 1. The van der Waals surface area contributed by atoms with Crippen molar-refractivity contribution in [2.45, 2.75) is 38.5 Å². The van der Waals surface area contributed by atoms with Gasteiger partial charge in [0.15, 0.2) is 0 Å². The van der Waals surface area contributed by atoms with Gasteiger partial charge in [0.25, 0.3) is 10.0 Å². The van der Waals surface area contributed by atoms with E-state index in [9.17, 15) is 21.6 Å². The average molecular weight is 530 g/mol. The molecule has 0 heterocycles. The van der Waals surface area contributed by atoms with Gasteiger partial charge in [-0.2, -0.15) is 0 Å². The zero-order chi connectivity index (χ0) is 26.5. The number of carbonyl (C=O) groups excluding carboxylic acids is 1. The number of anilines is 3. The van der Waals surface area contributed by atoms with Gasteiger partial charge < -0.3 is 5.32 Å². The summed E-state index contributed by atoms with van der Waals surface area (Å²) in [6, 6.07) is 18.6. The van der Waals surface area contributed by atoms with Crippen molar-refractivity contribution in [2.24, 2.45) is 0 Å². The van der Waals surface area contributed by atoms with E-state index < -0.39 is 20.0 Å². The first-order valence-corrected chi connectivity index (χ1v) is 14.7. The van der Waals surface area contributed by atoms with Crippen molar-refractivity contribution in [3.8, 4) is 0 Å². The number of amides is 1. The van der Waals surface area contributed by atoms with Crippen molar-refractivity contribution < 1.29 is 21.6 Å². The molecule has 0 radical (unpaired) electrons. The molecule has 2 N–H and O–H groups in total. The van der Waals surface area contributed by atoms with Crippen molar-refractivity contribution in [3.05, 3.63) is 83.4 Å². The molecular weight excluding hydrogens is 498 g/mol. The Morgan fingerprint density at radius 3 is 2.06 bits per heavy atom. The molecule has 0 bridgehead atoms. The van der Waals surface area contributed by atoms with Crippen molar-refractivity contribution in [2.75, 3.05) is 27.1 Å². The molecule has 36 heavy (non-hydrogen) atoms. The molecule has 8 nitrogen and oxygen atoms in total. The highest BCUT2D eigenvalue weighted by atomic mass is 32.2. The molecule has 0 aliphatic carbocycles. The van der Waals surface area contributed by atoms with Crippen LogP contribution in [0.5, 0.6) is 0 Å². The van der Waals surface area contributed by atoms with E-state index in [1.165, 1.54) is 28.6 Å². The molecule has 0 aliphatic rings. The highest BCUT2D eigenvalue weighted by molar-refractivity contribution is 7.92. The number of nitrogens with zero attached hydrogens (tertiary/aromatic N) is 1. The first-order chi connectivity index (χ1) is 16.9. The van der Waals surface area contributed by atoms with E-state index in [0.717, 1.165) is 22.9 Å². The summed E-state index contributed by atoms with van der Waals surface area (Å²) in [5.41, 5.74) is 4.13. The number of rotatable bonds is 10. The molecule has 3 aromatic carbocycles. The fourth-order valence-corrected chi connectivity index (χ4v) is 5.92. The average Bonchev–Trinajstić information content (AvgIpc) is 2.79. The van der Waals surface area contributed by atoms with Gasteiger partial charge in [-0.05, 0) is 80.3 Å². The Bertz CT molecular complexity index is 1430. The van der Waals surface area contributed by atoms with Gasteiger partial charge >= 0.3 is 0 Å². The molecule has 0 saturated heterocycles. The smallest absolute Gasteiger partial charge is 0.261 e. The molecule has 0 saturated carbocycles. The zero-order valence-electron chi connectivity index (χ0n) is 20.8. The van der Waals surface area contributed by atoms with Crippen LogP contribution in [0.1, 0.15) is 29.5 Å². The van der Waals surface area contributed by atoms with Crippen LogP contribution in [0.2, 0.25) is 0 Å². The molecular formula is C26H31N3O5S2. The lowest BCUT2D eigenvalue weighted by Crippen LogP contribution is -2.31. The summed E-state index contributed by atoms with van der Waals surface area (Å²) >= 11 is 0. The van der Waals surface area contributed by atoms with Gasteiger partial charge in [-0.15, -0.1) is 0 Å². The fraction of sp³-hybridized carbons (Fsp3) is 0.269. The van der Waals surface area contributed by atoms with Crippen LogP contribution in [0.25, 0.3) is 0 Å². The van der Waals surface area contributed by atoms with Crippen LogP contribution < -0.4 is 14.3 Å². The predicted octanol–water partition coefficient (Wildman–Crippen LogP) is 4.60. The standard InChI is InChI=1S/C26H31N3O5S2/c1-19-8-5-11-23(18-19)29(35(4,31)32)17-7-12-25(30)27-22-13-15-24(16-14-22)36(33,34)28-26-20(2)9-6-10-21(26)3/h5-6,8-11,13-16,18,28H,7,12,17H2,1-4H3,(H,27,30). The lowest BCUT2D eigenvalue weighted by Gasteiger charge is -2.22. The predicted molar refractivity (Wildman–Crippen MR) is 144 cm³/mol. The minimum Gasteiger partial charge on any atom is -0.326 e. The molecule has 0 atom stereocenters. The molecule has 0 aromatic heterocycles. The Hall–Kier alpha value is -3.37. The topological polar surface area (TPSA) is 113 Å². The second-order valence-electron chi connectivity index (χ2n) is 8.72. The third kappa shape index (κ3) is 7.08. The summed E-state index contributed by atoms with van der Waals surface area (Å²) in [4.78, 5) is 12.5. The van der Waals surface area contributed by atoms with Crippen LogP contribution >= 0.6 is 0 Å². The van der Waals surface area contributed by atoms with Crippen LogP contribution in [-0.2, 0) is 24.8 Å². The number of benzene rings is 3. The van der Waals surface area contributed by atoms with Crippen molar-refractivity contribution in [1.29, 1.82) is 0 Å². The summed E-state index contributed by atoms with van der Waals surface area (Å²) in [6.45, 7) is 5.71. The van der Waals surface area contributed by atoms with Crippen LogP contribution in [0.3, 0.4) is 0 Å². The molecule has 0 unspecified atom stereocenters. The van der Waals surface area contributed by atoms with E-state index in [-0.39, 0.29) is 23.8 Å². The number of sulfonamides is 2. The van der Waals surface area contributed by atoms with Crippen molar-refractivity contribution in [3.63, 3.8) is 0 Å². The monoisotopic (exact) mass is 529 g/mol. The van der Waals surface area contributed by atoms with E-state index >= 15 is 0 Å².